The number of carbonyl (C=O) groups is 3. The van der Waals surface area contributed by atoms with Crippen molar-refractivity contribution in [3.05, 3.63) is 12.2 Å². The number of aliphatic carboxylic acids is 1. The summed E-state index contributed by atoms with van der Waals surface area (Å²) < 4.78 is 17.4. The summed E-state index contributed by atoms with van der Waals surface area (Å²) in [6, 6.07) is -0.612. The van der Waals surface area contributed by atoms with Gasteiger partial charge in [0.15, 0.2) is 12.1 Å². The summed E-state index contributed by atoms with van der Waals surface area (Å²) in [4.78, 5) is 37.2. The fraction of sp³-hybridized carbons (Fsp3) is 0.907. The Labute approximate surface area is 384 Å². The average molecular weight is 879 g/mol. The number of carbonyl (C=O) groups excluding carboxylic acids is 2. The molecule has 2 unspecified atom stereocenters. The summed E-state index contributed by atoms with van der Waals surface area (Å²) >= 11 is 0. The molecule has 2 atom stereocenters. The maximum atomic E-state index is 12.8. The van der Waals surface area contributed by atoms with Crippen molar-refractivity contribution in [2.45, 2.75) is 276 Å². The van der Waals surface area contributed by atoms with Gasteiger partial charge in [-0.1, -0.05) is 219 Å². The highest BCUT2D eigenvalue weighted by molar-refractivity contribution is 5.72. The number of nitrogens with zero attached hydrogens (tertiary/aromatic N) is 1. The third kappa shape index (κ3) is 43.3. The fourth-order valence-electron chi connectivity index (χ4n) is 8.27. The molecule has 0 radical (unpaired) electrons. The molecule has 8 nitrogen and oxygen atoms in total. The molecule has 0 aromatic carbocycles. The predicted molar refractivity (Wildman–Crippen MR) is 262 cm³/mol. The van der Waals surface area contributed by atoms with Gasteiger partial charge in [-0.25, -0.2) is 4.79 Å². The smallest absolute Gasteiger partial charge is 0.362 e. The Bertz CT molecular complexity index is 1020. The molecule has 0 aliphatic heterocycles. The normalized spacial score (nSPS) is 12.9. The number of quaternary nitrogens is 1. The van der Waals surface area contributed by atoms with Gasteiger partial charge in [0.1, 0.15) is 6.61 Å². The number of hydrogen-bond acceptors (Lipinski definition) is 6. The monoisotopic (exact) mass is 879 g/mol. The average Bonchev–Trinajstić information content (AvgIpc) is 3.23. The minimum atomic E-state index is -0.871. The van der Waals surface area contributed by atoms with Gasteiger partial charge in [0.05, 0.1) is 34.4 Å². The van der Waals surface area contributed by atoms with E-state index >= 15 is 0 Å². The summed E-state index contributed by atoms with van der Waals surface area (Å²) in [5, 5.41) is 9.66. The van der Waals surface area contributed by atoms with Crippen molar-refractivity contribution in [1.82, 2.24) is 0 Å². The fourth-order valence-corrected chi connectivity index (χ4v) is 8.27. The van der Waals surface area contributed by atoms with E-state index in [1.54, 1.807) is 0 Å². The molecule has 1 N–H and O–H groups in total. The van der Waals surface area contributed by atoms with Crippen LogP contribution in [0.2, 0.25) is 0 Å². The molecule has 0 amide bonds. The highest BCUT2D eigenvalue weighted by atomic mass is 16.6. The first kappa shape index (κ1) is 60.1. The SMILES string of the molecule is CCCCCCCCCC/C=C/CCCCCCCCCC(=O)OC(COCCC(C(=O)O)[N+](C)(C)C)COC(=O)CCCCCCCCCCCCCCCCCCCCC. The standard InChI is InChI=1S/C54H103NO7/c1-6-8-10-12-14-16-18-20-22-24-26-28-30-32-34-36-38-40-42-44-52(56)61-49-50(48-60-47-46-51(54(58)59)55(3,4)5)62-53(57)45-43-41-39-37-35-33-31-29-27-25-23-21-19-17-15-13-11-9-7-2/h25,27,50-51H,6-24,26,28-49H2,1-5H3/p+1/b27-25+. The van der Waals surface area contributed by atoms with Crippen molar-refractivity contribution >= 4 is 17.9 Å². The Kier molecular flexibility index (Phi) is 44.2. The lowest BCUT2D eigenvalue weighted by Crippen LogP contribution is -2.50. The van der Waals surface area contributed by atoms with Crippen molar-refractivity contribution in [2.75, 3.05) is 41.0 Å². The number of carboxylic acids is 1. The molecular formula is C54H104NO7+. The number of unbranched alkanes of at least 4 members (excludes halogenated alkanes) is 33. The first-order valence-electron chi connectivity index (χ1n) is 26.7. The molecule has 0 bridgehead atoms. The summed E-state index contributed by atoms with van der Waals surface area (Å²) in [5.74, 6) is -1.45. The number of likely N-dealkylation sites (N-methyl/N-ethyl adjacent to an activating group) is 1. The maximum absolute atomic E-state index is 12.8. The molecule has 62 heavy (non-hydrogen) atoms. The lowest BCUT2D eigenvalue weighted by Gasteiger charge is -2.31. The predicted octanol–water partition coefficient (Wildman–Crippen LogP) is 15.4. The van der Waals surface area contributed by atoms with Gasteiger partial charge < -0.3 is 23.8 Å². The van der Waals surface area contributed by atoms with Gasteiger partial charge in [-0.3, -0.25) is 9.59 Å². The molecule has 0 aromatic heterocycles. The second-order valence-corrected chi connectivity index (χ2v) is 19.5. The molecule has 0 saturated carbocycles. The van der Waals surface area contributed by atoms with Gasteiger partial charge in [0, 0.05) is 19.3 Å². The van der Waals surface area contributed by atoms with Gasteiger partial charge in [-0.15, -0.1) is 0 Å². The van der Waals surface area contributed by atoms with Crippen LogP contribution in [-0.4, -0.2) is 80.6 Å². The van der Waals surface area contributed by atoms with Crippen LogP contribution in [0.5, 0.6) is 0 Å². The van der Waals surface area contributed by atoms with Gasteiger partial charge in [0.2, 0.25) is 0 Å². The van der Waals surface area contributed by atoms with E-state index in [0.717, 1.165) is 38.5 Å². The van der Waals surface area contributed by atoms with Crippen LogP contribution in [0.25, 0.3) is 0 Å². The van der Waals surface area contributed by atoms with E-state index < -0.39 is 18.1 Å². The Morgan fingerprint density at radius 1 is 0.468 bits per heavy atom. The molecule has 0 aromatic rings. The molecule has 0 heterocycles. The molecule has 0 saturated heterocycles. The third-order valence-corrected chi connectivity index (χ3v) is 12.4. The second kappa shape index (κ2) is 45.6. The van der Waals surface area contributed by atoms with Gasteiger partial charge >= 0.3 is 17.9 Å². The largest absolute Gasteiger partial charge is 0.477 e. The van der Waals surface area contributed by atoms with Crippen LogP contribution in [0.4, 0.5) is 0 Å². The van der Waals surface area contributed by atoms with Gasteiger partial charge in [-0.05, 0) is 38.5 Å². The minimum Gasteiger partial charge on any atom is -0.477 e. The Hall–Kier alpha value is -1.93. The van der Waals surface area contributed by atoms with E-state index in [1.807, 2.05) is 21.1 Å². The van der Waals surface area contributed by atoms with Crippen molar-refractivity contribution in [2.24, 2.45) is 0 Å². The third-order valence-electron chi connectivity index (χ3n) is 12.4. The van der Waals surface area contributed by atoms with Gasteiger partial charge in [-0.2, -0.15) is 0 Å². The Morgan fingerprint density at radius 2 is 0.806 bits per heavy atom. The summed E-state index contributed by atoms with van der Waals surface area (Å²) in [7, 11) is 5.55. The highest BCUT2D eigenvalue weighted by Gasteiger charge is 2.31. The Balaban J connectivity index is 4.19. The lowest BCUT2D eigenvalue weighted by molar-refractivity contribution is -0.887. The molecule has 0 fully saturated rings. The van der Waals surface area contributed by atoms with E-state index in [4.69, 9.17) is 14.2 Å². The molecule has 0 aliphatic carbocycles. The molecule has 0 rings (SSSR count). The molecule has 0 spiro atoms. The van der Waals surface area contributed by atoms with Crippen molar-refractivity contribution in [3.8, 4) is 0 Å². The topological polar surface area (TPSA) is 99.1 Å². The van der Waals surface area contributed by atoms with Crippen LogP contribution in [-0.2, 0) is 28.6 Å². The van der Waals surface area contributed by atoms with Crippen molar-refractivity contribution < 1.29 is 38.2 Å². The first-order valence-corrected chi connectivity index (χ1v) is 26.7. The van der Waals surface area contributed by atoms with Crippen LogP contribution in [0, 0.1) is 0 Å². The lowest BCUT2D eigenvalue weighted by atomic mass is 10.0. The summed E-state index contributed by atoms with van der Waals surface area (Å²) in [5.41, 5.74) is 0. The van der Waals surface area contributed by atoms with E-state index in [-0.39, 0.29) is 36.2 Å². The van der Waals surface area contributed by atoms with Crippen molar-refractivity contribution in [1.29, 1.82) is 0 Å². The minimum absolute atomic E-state index is 0.0459. The molecular weight excluding hydrogens is 775 g/mol. The zero-order valence-corrected chi connectivity index (χ0v) is 41.9. The molecule has 366 valence electrons. The maximum Gasteiger partial charge on any atom is 0.362 e. The highest BCUT2D eigenvalue weighted by Crippen LogP contribution is 2.17. The first-order chi connectivity index (χ1) is 30.1. The Morgan fingerprint density at radius 3 is 1.16 bits per heavy atom. The van der Waals surface area contributed by atoms with Crippen LogP contribution < -0.4 is 0 Å². The number of allylic oxidation sites excluding steroid dienone is 2. The van der Waals surface area contributed by atoms with E-state index in [0.29, 0.717) is 19.3 Å². The molecule has 8 heteroatoms. The quantitative estimate of drug-likeness (QED) is 0.0281. The number of hydrogen-bond donors (Lipinski definition) is 1. The van der Waals surface area contributed by atoms with Gasteiger partial charge in [0.25, 0.3) is 0 Å². The number of esters is 2. The van der Waals surface area contributed by atoms with E-state index in [9.17, 15) is 19.5 Å². The van der Waals surface area contributed by atoms with Crippen LogP contribution in [0.15, 0.2) is 12.2 Å². The van der Waals surface area contributed by atoms with Crippen LogP contribution in [0.3, 0.4) is 0 Å². The zero-order chi connectivity index (χ0) is 45.6. The van der Waals surface area contributed by atoms with E-state index in [1.165, 1.54) is 193 Å². The number of carboxylic acid groups (broad SMARTS) is 1. The molecule has 0 aliphatic rings. The summed E-state index contributed by atoms with van der Waals surface area (Å²) in [6.07, 6.45) is 51.2. The zero-order valence-electron chi connectivity index (χ0n) is 41.9. The number of ether oxygens (including phenoxy) is 3. The van der Waals surface area contributed by atoms with E-state index in [2.05, 4.69) is 26.0 Å². The number of rotatable bonds is 49. The van der Waals surface area contributed by atoms with Crippen LogP contribution >= 0.6 is 0 Å². The second-order valence-electron chi connectivity index (χ2n) is 19.5. The van der Waals surface area contributed by atoms with Crippen molar-refractivity contribution in [3.63, 3.8) is 0 Å². The van der Waals surface area contributed by atoms with Crippen LogP contribution in [0.1, 0.15) is 264 Å². The summed E-state index contributed by atoms with van der Waals surface area (Å²) in [6.45, 7) is 4.79.